The predicted octanol–water partition coefficient (Wildman–Crippen LogP) is 22.1. The number of rotatable bonds is 65. The van der Waals surface area contributed by atoms with Gasteiger partial charge in [-0.25, -0.2) is 0 Å². The second-order valence-corrected chi connectivity index (χ2v) is 23.9. The number of carbonyl (C=O) groups is 2. The van der Waals surface area contributed by atoms with Crippen molar-refractivity contribution in [3.8, 4) is 0 Å². The van der Waals surface area contributed by atoms with E-state index in [1.807, 2.05) is 0 Å². The van der Waals surface area contributed by atoms with E-state index in [1.54, 1.807) is 0 Å². The summed E-state index contributed by atoms with van der Waals surface area (Å²) in [5, 5.41) is 23.4. The molecule has 2 atom stereocenters. The van der Waals surface area contributed by atoms with Crippen LogP contribution < -0.4 is 5.32 Å². The molecular formula is C70H135NO5. The van der Waals surface area contributed by atoms with E-state index in [0.717, 1.165) is 44.9 Å². The van der Waals surface area contributed by atoms with Gasteiger partial charge in [-0.3, -0.25) is 9.59 Å². The standard InChI is InChI=1S/C70H135NO5/c1-3-5-7-9-11-13-15-17-19-21-22-28-31-34-38-42-46-50-54-58-62-68(73)67(66-72)71-69(74)63-59-55-51-47-43-39-35-32-29-26-24-23-25-27-30-33-37-41-45-49-53-57-61-65-76-70(75)64-60-56-52-48-44-40-36-20-18-16-14-12-10-8-6-4-2/h23,25-26,29,67-68,72-73H,3-22,24,27-28,30-66H2,1-2H3,(H,71,74)/b25-23-,29-26-. The number of allylic oxidation sites excluding steroid dienone is 4. The van der Waals surface area contributed by atoms with E-state index < -0.39 is 12.1 Å². The molecule has 3 N–H and O–H groups in total. The van der Waals surface area contributed by atoms with Gasteiger partial charge in [0.25, 0.3) is 0 Å². The lowest BCUT2D eigenvalue weighted by molar-refractivity contribution is -0.143. The lowest BCUT2D eigenvalue weighted by atomic mass is 10.0. The Morgan fingerprint density at radius 3 is 1.00 bits per heavy atom. The third kappa shape index (κ3) is 61.6. The van der Waals surface area contributed by atoms with Crippen molar-refractivity contribution in [1.29, 1.82) is 0 Å². The number of ether oxygens (including phenoxy) is 1. The minimum atomic E-state index is -0.672. The van der Waals surface area contributed by atoms with Crippen LogP contribution in [-0.2, 0) is 14.3 Å². The molecule has 1 amide bonds. The van der Waals surface area contributed by atoms with Crippen LogP contribution in [0.4, 0.5) is 0 Å². The highest BCUT2D eigenvalue weighted by Gasteiger charge is 2.20. The summed E-state index contributed by atoms with van der Waals surface area (Å²) in [6.45, 7) is 4.98. The van der Waals surface area contributed by atoms with Crippen molar-refractivity contribution >= 4 is 11.9 Å². The number of aliphatic hydroxyl groups is 2. The van der Waals surface area contributed by atoms with Gasteiger partial charge >= 0.3 is 5.97 Å². The predicted molar refractivity (Wildman–Crippen MR) is 333 cm³/mol. The third-order valence-electron chi connectivity index (χ3n) is 16.3. The first kappa shape index (κ1) is 74.3. The Labute approximate surface area is 475 Å². The van der Waals surface area contributed by atoms with Crippen molar-refractivity contribution in [3.05, 3.63) is 24.3 Å². The molecule has 0 aromatic rings. The molecule has 0 saturated heterocycles. The topological polar surface area (TPSA) is 95.9 Å². The van der Waals surface area contributed by atoms with E-state index in [-0.39, 0.29) is 18.5 Å². The molecule has 76 heavy (non-hydrogen) atoms. The Bertz CT molecular complexity index is 1190. The fourth-order valence-corrected chi connectivity index (χ4v) is 11.0. The molecule has 0 radical (unpaired) electrons. The Hall–Kier alpha value is -1.66. The number of hydrogen-bond acceptors (Lipinski definition) is 5. The van der Waals surface area contributed by atoms with E-state index >= 15 is 0 Å². The number of amides is 1. The number of carbonyl (C=O) groups excluding carboxylic acids is 2. The third-order valence-corrected chi connectivity index (χ3v) is 16.3. The summed E-state index contributed by atoms with van der Waals surface area (Å²) in [5.41, 5.74) is 0. The van der Waals surface area contributed by atoms with E-state index in [9.17, 15) is 19.8 Å². The molecule has 0 aliphatic heterocycles. The molecular weight excluding hydrogens is 935 g/mol. The van der Waals surface area contributed by atoms with E-state index in [4.69, 9.17) is 4.74 Å². The fourth-order valence-electron chi connectivity index (χ4n) is 11.0. The van der Waals surface area contributed by atoms with E-state index in [2.05, 4.69) is 43.5 Å². The summed E-state index contributed by atoms with van der Waals surface area (Å²) in [6, 6.07) is -0.550. The minimum Gasteiger partial charge on any atom is -0.466 e. The van der Waals surface area contributed by atoms with Gasteiger partial charge in [-0.15, -0.1) is 0 Å². The summed E-state index contributed by atoms with van der Waals surface area (Å²) in [5.74, 6) is -0.0302. The van der Waals surface area contributed by atoms with Gasteiger partial charge in [-0.1, -0.05) is 340 Å². The second kappa shape index (κ2) is 65.9. The number of nitrogens with one attached hydrogen (secondary N) is 1. The molecule has 0 spiro atoms. The van der Waals surface area contributed by atoms with Crippen molar-refractivity contribution in [2.24, 2.45) is 0 Å². The van der Waals surface area contributed by atoms with Crippen LogP contribution in [0.2, 0.25) is 0 Å². The Balaban J connectivity index is 3.43. The first-order valence-corrected chi connectivity index (χ1v) is 34.6. The highest BCUT2D eigenvalue weighted by Crippen LogP contribution is 2.19. The molecule has 2 unspecified atom stereocenters. The van der Waals surface area contributed by atoms with Crippen molar-refractivity contribution in [2.45, 2.75) is 398 Å². The van der Waals surface area contributed by atoms with Crippen LogP contribution in [0.15, 0.2) is 24.3 Å². The summed E-state index contributed by atoms with van der Waals surface area (Å²) in [7, 11) is 0. The molecule has 0 saturated carbocycles. The molecule has 0 heterocycles. The molecule has 0 aromatic carbocycles. The first-order valence-electron chi connectivity index (χ1n) is 34.6. The lowest BCUT2D eigenvalue weighted by Gasteiger charge is -2.22. The molecule has 0 bridgehead atoms. The Morgan fingerprint density at radius 1 is 0.368 bits per heavy atom. The van der Waals surface area contributed by atoms with Crippen LogP contribution in [0, 0.1) is 0 Å². The monoisotopic (exact) mass is 1070 g/mol. The zero-order valence-corrected chi connectivity index (χ0v) is 51.5. The van der Waals surface area contributed by atoms with Crippen LogP contribution in [0.5, 0.6) is 0 Å². The maximum absolute atomic E-state index is 12.5. The maximum atomic E-state index is 12.5. The molecule has 0 aliphatic rings. The van der Waals surface area contributed by atoms with Crippen LogP contribution in [0.3, 0.4) is 0 Å². The van der Waals surface area contributed by atoms with E-state index in [0.29, 0.717) is 25.9 Å². The molecule has 6 heteroatoms. The Morgan fingerprint density at radius 2 is 0.658 bits per heavy atom. The van der Waals surface area contributed by atoms with Crippen molar-refractivity contribution in [3.63, 3.8) is 0 Å². The summed E-state index contributed by atoms with van der Waals surface area (Å²) in [6.07, 6.45) is 82.1. The largest absolute Gasteiger partial charge is 0.466 e. The van der Waals surface area contributed by atoms with Crippen molar-refractivity contribution in [2.75, 3.05) is 13.2 Å². The molecule has 6 nitrogen and oxygen atoms in total. The number of esters is 1. The van der Waals surface area contributed by atoms with Crippen LogP contribution in [0.1, 0.15) is 386 Å². The van der Waals surface area contributed by atoms with Gasteiger partial charge in [0.2, 0.25) is 5.91 Å². The summed E-state index contributed by atoms with van der Waals surface area (Å²) in [4.78, 5) is 24.6. The number of hydrogen-bond donors (Lipinski definition) is 3. The Kier molecular flexibility index (Phi) is 64.4. The second-order valence-electron chi connectivity index (χ2n) is 23.9. The van der Waals surface area contributed by atoms with Gasteiger partial charge in [0, 0.05) is 12.8 Å². The van der Waals surface area contributed by atoms with Gasteiger partial charge in [0.15, 0.2) is 0 Å². The highest BCUT2D eigenvalue weighted by atomic mass is 16.5. The van der Waals surface area contributed by atoms with E-state index in [1.165, 1.54) is 308 Å². The molecule has 0 rings (SSSR count). The normalized spacial score (nSPS) is 12.6. The first-order chi connectivity index (χ1) is 37.5. The van der Waals surface area contributed by atoms with Gasteiger partial charge in [-0.05, 0) is 57.8 Å². The van der Waals surface area contributed by atoms with Crippen molar-refractivity contribution in [1.82, 2.24) is 5.32 Å². The zero-order chi connectivity index (χ0) is 55.0. The van der Waals surface area contributed by atoms with Gasteiger partial charge in [-0.2, -0.15) is 0 Å². The average molecular weight is 1070 g/mol. The van der Waals surface area contributed by atoms with Gasteiger partial charge in [0.1, 0.15) is 0 Å². The average Bonchev–Trinajstić information content (AvgIpc) is 3.42. The number of aliphatic hydroxyl groups excluding tert-OH is 2. The van der Waals surface area contributed by atoms with Crippen LogP contribution in [-0.4, -0.2) is 47.4 Å². The summed E-state index contributed by atoms with van der Waals surface area (Å²) >= 11 is 0. The van der Waals surface area contributed by atoms with Crippen LogP contribution in [0.25, 0.3) is 0 Å². The molecule has 0 fully saturated rings. The number of unbranched alkanes of at least 4 members (excludes halogenated alkanes) is 50. The SMILES string of the molecule is CCCCCCCCCCCCCCCCCCCCCCC(O)C(CO)NC(=O)CCCCCCCCC/C=C\C/C=C\CCCCCCCCCCCOC(=O)CCCCCCCCCCCCCCCCCC. The van der Waals surface area contributed by atoms with Crippen LogP contribution >= 0.6 is 0 Å². The molecule has 0 aliphatic carbocycles. The maximum Gasteiger partial charge on any atom is 0.305 e. The van der Waals surface area contributed by atoms with Crippen molar-refractivity contribution < 1.29 is 24.5 Å². The molecule has 0 aromatic heterocycles. The quantitative estimate of drug-likeness (QED) is 0.0320. The zero-order valence-electron chi connectivity index (χ0n) is 51.5. The summed E-state index contributed by atoms with van der Waals surface area (Å²) < 4.78 is 5.49. The molecule has 450 valence electrons. The lowest BCUT2D eigenvalue weighted by Crippen LogP contribution is -2.45. The van der Waals surface area contributed by atoms with Gasteiger partial charge < -0.3 is 20.3 Å². The smallest absolute Gasteiger partial charge is 0.305 e. The highest BCUT2D eigenvalue weighted by molar-refractivity contribution is 5.76. The fraction of sp³-hybridized carbons (Fsp3) is 0.914. The minimum absolute atomic E-state index is 0.0114. The van der Waals surface area contributed by atoms with Gasteiger partial charge in [0.05, 0.1) is 25.4 Å².